The van der Waals surface area contributed by atoms with Crippen molar-refractivity contribution in [1.29, 1.82) is 0 Å². The van der Waals surface area contributed by atoms with Crippen molar-refractivity contribution in [2.24, 2.45) is 0 Å². The van der Waals surface area contributed by atoms with Crippen LogP contribution in [-0.4, -0.2) is 78.1 Å². The maximum Gasteiger partial charge on any atom is 0.243 e. The van der Waals surface area contributed by atoms with Crippen LogP contribution in [0.3, 0.4) is 0 Å². The third-order valence-electron chi connectivity index (χ3n) is 5.78. The number of ketones is 1. The lowest BCUT2D eigenvalue weighted by atomic mass is 10.0. The van der Waals surface area contributed by atoms with Crippen LogP contribution in [0.4, 0.5) is 5.95 Å². The van der Waals surface area contributed by atoms with E-state index in [1.807, 2.05) is 29.2 Å². The molecule has 1 aliphatic rings. The summed E-state index contributed by atoms with van der Waals surface area (Å²) in [7, 11) is -3.64. The molecule has 9 nitrogen and oxygen atoms in total. The minimum Gasteiger partial charge on any atom is -0.396 e. The first-order valence-corrected chi connectivity index (χ1v) is 12.4. The minimum atomic E-state index is -3.64. The topological polar surface area (TPSA) is 124 Å². The fraction of sp³-hybridized carbons (Fsp3) is 0.292. The van der Waals surface area contributed by atoms with Crippen LogP contribution in [-0.2, 0) is 16.4 Å². The molecular formula is C24H26N4O5S. The Morgan fingerprint density at radius 3 is 2.21 bits per heavy atom. The molecule has 2 N–H and O–H groups in total. The highest BCUT2D eigenvalue weighted by Crippen LogP contribution is 2.25. The molecule has 1 aromatic heterocycles. The van der Waals surface area contributed by atoms with Crippen LogP contribution < -0.4 is 4.90 Å². The molecule has 10 heteroatoms. The van der Waals surface area contributed by atoms with Gasteiger partial charge in [-0.2, -0.15) is 4.31 Å². The van der Waals surface area contributed by atoms with E-state index < -0.39 is 22.4 Å². The van der Waals surface area contributed by atoms with E-state index in [-0.39, 0.29) is 30.2 Å². The SMILES string of the molecule is O=C(CO)c1cnc(N2CCN(S(=O)(=O)c3ccc(-c4cccc(CCO)c4)cc3)CC2)nc1. The van der Waals surface area contributed by atoms with Crippen LogP contribution in [0.25, 0.3) is 11.1 Å². The summed E-state index contributed by atoms with van der Waals surface area (Å²) in [4.78, 5) is 22.0. The van der Waals surface area contributed by atoms with Crippen molar-refractivity contribution in [3.63, 3.8) is 0 Å². The van der Waals surface area contributed by atoms with E-state index in [2.05, 4.69) is 9.97 Å². The number of aliphatic hydroxyl groups is 2. The number of carbonyl (C=O) groups is 1. The summed E-state index contributed by atoms with van der Waals surface area (Å²) >= 11 is 0. The molecule has 0 saturated carbocycles. The molecular weight excluding hydrogens is 456 g/mol. The number of rotatable bonds is 8. The molecule has 34 heavy (non-hydrogen) atoms. The van der Waals surface area contributed by atoms with Gasteiger partial charge >= 0.3 is 0 Å². The summed E-state index contributed by atoms with van der Waals surface area (Å²) in [5.74, 6) is -0.0364. The number of aliphatic hydroxyl groups excluding tert-OH is 2. The van der Waals surface area contributed by atoms with Crippen molar-refractivity contribution in [2.45, 2.75) is 11.3 Å². The first-order chi connectivity index (χ1) is 16.4. The normalized spacial score (nSPS) is 14.8. The highest BCUT2D eigenvalue weighted by Gasteiger charge is 2.29. The average molecular weight is 483 g/mol. The second-order valence-corrected chi connectivity index (χ2v) is 9.88. The number of anilines is 1. The smallest absolute Gasteiger partial charge is 0.243 e. The lowest BCUT2D eigenvalue weighted by Crippen LogP contribution is -2.49. The van der Waals surface area contributed by atoms with Crippen molar-refractivity contribution in [2.75, 3.05) is 44.3 Å². The van der Waals surface area contributed by atoms with Crippen molar-refractivity contribution in [1.82, 2.24) is 14.3 Å². The van der Waals surface area contributed by atoms with Gasteiger partial charge in [-0.05, 0) is 35.2 Å². The van der Waals surface area contributed by atoms with Crippen LogP contribution in [0.1, 0.15) is 15.9 Å². The lowest BCUT2D eigenvalue weighted by molar-refractivity contribution is 0.0903. The molecule has 0 aliphatic carbocycles. The Kier molecular flexibility index (Phi) is 7.32. The molecule has 4 rings (SSSR count). The number of piperazine rings is 1. The molecule has 0 unspecified atom stereocenters. The summed E-state index contributed by atoms with van der Waals surface area (Å²) in [5, 5.41) is 18.1. The molecule has 1 aliphatic heterocycles. The number of benzene rings is 2. The number of Topliss-reactive ketones (excluding diaryl/α,β-unsaturated/α-hetero) is 1. The maximum atomic E-state index is 13.2. The van der Waals surface area contributed by atoms with Gasteiger partial charge < -0.3 is 15.1 Å². The van der Waals surface area contributed by atoms with E-state index in [1.165, 1.54) is 16.7 Å². The zero-order valence-electron chi connectivity index (χ0n) is 18.5. The van der Waals surface area contributed by atoms with Crippen LogP contribution in [0.15, 0.2) is 65.8 Å². The minimum absolute atomic E-state index is 0.0781. The van der Waals surface area contributed by atoms with E-state index >= 15 is 0 Å². The standard InChI is InChI=1S/C24H26N4O5S/c29-13-8-18-2-1-3-20(14-18)19-4-6-22(7-5-19)34(32,33)28-11-9-27(10-12-28)24-25-15-21(16-26-24)23(31)17-30/h1-7,14-16,29-30H,8-13,17H2. The largest absolute Gasteiger partial charge is 0.396 e. The van der Waals surface area contributed by atoms with Gasteiger partial charge in [-0.3, -0.25) is 4.79 Å². The van der Waals surface area contributed by atoms with Crippen molar-refractivity contribution in [3.8, 4) is 11.1 Å². The lowest BCUT2D eigenvalue weighted by Gasteiger charge is -2.34. The summed E-state index contributed by atoms with van der Waals surface area (Å²) in [5.41, 5.74) is 3.13. The third kappa shape index (κ3) is 5.15. The molecule has 1 saturated heterocycles. The molecule has 3 aromatic rings. The maximum absolute atomic E-state index is 13.2. The van der Waals surface area contributed by atoms with Crippen LogP contribution in [0, 0.1) is 0 Å². The Balaban J connectivity index is 1.42. The van der Waals surface area contributed by atoms with Crippen molar-refractivity contribution in [3.05, 3.63) is 72.1 Å². The zero-order valence-corrected chi connectivity index (χ0v) is 19.4. The molecule has 0 amide bonds. The molecule has 2 aromatic carbocycles. The van der Waals surface area contributed by atoms with E-state index in [9.17, 15) is 13.2 Å². The monoisotopic (exact) mass is 482 g/mol. The fourth-order valence-corrected chi connectivity index (χ4v) is 5.27. The predicted molar refractivity (Wildman–Crippen MR) is 127 cm³/mol. The average Bonchev–Trinajstić information content (AvgIpc) is 2.89. The summed E-state index contributed by atoms with van der Waals surface area (Å²) in [6, 6.07) is 14.7. The second kappa shape index (κ2) is 10.4. The van der Waals surface area contributed by atoms with Crippen molar-refractivity contribution >= 4 is 21.8 Å². The number of sulfonamides is 1. The van der Waals surface area contributed by atoms with Crippen LogP contribution in [0.5, 0.6) is 0 Å². The number of hydrogen-bond donors (Lipinski definition) is 2. The fourth-order valence-electron chi connectivity index (χ4n) is 3.85. The number of hydrogen-bond acceptors (Lipinski definition) is 8. The second-order valence-electron chi connectivity index (χ2n) is 7.94. The Morgan fingerprint density at radius 2 is 1.59 bits per heavy atom. The van der Waals surface area contributed by atoms with Crippen molar-refractivity contribution < 1.29 is 23.4 Å². The van der Waals surface area contributed by atoms with Gasteiger partial charge in [0.25, 0.3) is 0 Å². The third-order valence-corrected chi connectivity index (χ3v) is 7.69. The van der Waals surface area contributed by atoms with Gasteiger partial charge in [-0.25, -0.2) is 18.4 Å². The molecule has 178 valence electrons. The molecule has 0 spiro atoms. The van der Waals surface area contributed by atoms with Crippen LogP contribution >= 0.6 is 0 Å². The Hall–Kier alpha value is -3.18. The molecule has 0 radical (unpaired) electrons. The Bertz CT molecular complexity index is 1240. The van der Waals surface area contributed by atoms with Gasteiger partial charge in [0.05, 0.1) is 10.5 Å². The first-order valence-electron chi connectivity index (χ1n) is 10.9. The first kappa shape index (κ1) is 24.0. The zero-order chi connectivity index (χ0) is 24.1. The van der Waals surface area contributed by atoms with Crippen LogP contribution in [0.2, 0.25) is 0 Å². The van der Waals surface area contributed by atoms with Gasteiger partial charge in [-0.15, -0.1) is 0 Å². The quantitative estimate of drug-likeness (QED) is 0.462. The van der Waals surface area contributed by atoms with Gasteiger partial charge in [0.2, 0.25) is 16.0 Å². The number of nitrogens with zero attached hydrogens (tertiary/aromatic N) is 4. The van der Waals surface area contributed by atoms with Gasteiger partial charge in [0.1, 0.15) is 6.61 Å². The number of carbonyl (C=O) groups excluding carboxylic acids is 1. The molecule has 1 fully saturated rings. The van der Waals surface area contributed by atoms with Gasteiger partial charge in [0.15, 0.2) is 5.78 Å². The highest BCUT2D eigenvalue weighted by molar-refractivity contribution is 7.89. The molecule has 0 atom stereocenters. The Morgan fingerprint density at radius 1 is 0.912 bits per heavy atom. The predicted octanol–water partition coefficient (Wildman–Crippen LogP) is 1.36. The number of aromatic nitrogens is 2. The Labute approximate surface area is 198 Å². The summed E-state index contributed by atoms with van der Waals surface area (Å²) in [6.45, 7) is 0.886. The van der Waals surface area contributed by atoms with Gasteiger partial charge in [0, 0.05) is 45.2 Å². The van der Waals surface area contributed by atoms with E-state index in [0.29, 0.717) is 25.5 Å². The van der Waals surface area contributed by atoms with Gasteiger partial charge in [-0.1, -0.05) is 36.4 Å². The van der Waals surface area contributed by atoms with E-state index in [0.717, 1.165) is 16.7 Å². The van der Waals surface area contributed by atoms with E-state index in [4.69, 9.17) is 10.2 Å². The summed E-state index contributed by atoms with van der Waals surface area (Å²) < 4.78 is 27.8. The summed E-state index contributed by atoms with van der Waals surface area (Å²) in [6.07, 6.45) is 3.30. The molecule has 2 heterocycles. The van der Waals surface area contributed by atoms with E-state index in [1.54, 1.807) is 24.3 Å². The highest BCUT2D eigenvalue weighted by atomic mass is 32.2. The molecule has 0 bridgehead atoms.